The molecule has 0 bridgehead atoms. The third-order valence-corrected chi connectivity index (χ3v) is 22.1. The molecule has 0 saturated carbocycles. The minimum absolute atomic E-state index is 0.217. The highest BCUT2D eigenvalue weighted by molar-refractivity contribution is 6.99. The van der Waals surface area contributed by atoms with Crippen molar-refractivity contribution in [3.8, 4) is 0 Å². The predicted octanol–water partition coefficient (Wildman–Crippen LogP) is 22.1. The molecule has 0 amide bonds. The highest BCUT2D eigenvalue weighted by Crippen LogP contribution is 2.45. The lowest BCUT2D eigenvalue weighted by atomic mass is 9.33. The van der Waals surface area contributed by atoms with Crippen LogP contribution in [-0.2, 0) is 0 Å². The minimum atomic E-state index is -0.217. The molecule has 108 heavy (non-hydrogen) atoms. The summed E-state index contributed by atoms with van der Waals surface area (Å²) in [6.45, 7) is 18.4. The van der Waals surface area contributed by atoms with Crippen LogP contribution in [0.25, 0.3) is 32.3 Å². The van der Waals surface area contributed by atoms with Gasteiger partial charge in [0.15, 0.2) is 0 Å². The number of para-hydroxylation sites is 8. The van der Waals surface area contributed by atoms with Crippen molar-refractivity contribution < 1.29 is 0 Å². The normalized spacial score (nSPS) is 11.3. The summed E-state index contributed by atoms with van der Waals surface area (Å²) in [4.78, 5) is 14.3. The first-order valence-electron chi connectivity index (χ1n) is 37.8. The van der Waals surface area contributed by atoms with Gasteiger partial charge in [0.05, 0.1) is 0 Å². The average Bonchev–Trinajstić information content (AvgIpc) is 0.700. The van der Waals surface area contributed by atoms with E-state index in [1.807, 2.05) is 0 Å². The van der Waals surface area contributed by atoms with Crippen molar-refractivity contribution in [3.05, 3.63) is 372 Å². The maximum Gasteiger partial charge on any atom is 0.243 e. The van der Waals surface area contributed by atoms with Crippen LogP contribution in [0.4, 0.5) is 79.6 Å². The second-order valence-electron chi connectivity index (χ2n) is 29.7. The van der Waals surface area contributed by atoms with E-state index >= 15 is 0 Å². The lowest BCUT2D eigenvalue weighted by Crippen LogP contribution is -2.56. The van der Waals surface area contributed by atoms with Crippen LogP contribution < -0.4 is 62.2 Å². The molecule has 0 aliphatic rings. The number of aryl methyl sites for hydroxylation is 8. The molecule has 0 saturated heterocycles. The molecule has 8 heteroatoms. The summed E-state index contributed by atoms with van der Waals surface area (Å²) in [5.74, 6) is 0. The van der Waals surface area contributed by atoms with Gasteiger partial charge in [-0.15, -0.1) is 0 Å². The maximum absolute atomic E-state index is 2.55. The molecule has 0 aliphatic heterocycles. The van der Waals surface area contributed by atoms with Crippen LogP contribution >= 0.6 is 0 Å². The van der Waals surface area contributed by atoms with Gasteiger partial charge >= 0.3 is 0 Å². The Kier molecular flexibility index (Phi) is 19.0. The van der Waals surface area contributed by atoms with E-state index in [-0.39, 0.29) is 13.4 Å². The zero-order valence-electron chi connectivity index (χ0n) is 64.0. The summed E-state index contributed by atoms with van der Waals surface area (Å²) in [6.07, 6.45) is 0. The summed E-state index contributed by atoms with van der Waals surface area (Å²) in [5, 5.41) is 7.47. The lowest BCUT2D eigenvalue weighted by Gasteiger charge is -2.32. The van der Waals surface area contributed by atoms with E-state index < -0.39 is 0 Å². The molecule has 0 spiro atoms. The Morgan fingerprint density at radius 3 is 0.519 bits per heavy atom. The highest BCUT2D eigenvalue weighted by atomic mass is 15.2. The molecule has 0 radical (unpaired) electrons. The second-order valence-corrected chi connectivity index (χ2v) is 29.7. The van der Waals surface area contributed by atoms with E-state index in [9.17, 15) is 0 Å². The number of hydrogen-bond donors (Lipinski definition) is 0. The Morgan fingerprint density at radius 2 is 0.352 bits per heavy atom. The molecule has 0 aliphatic carbocycles. The second kappa shape index (κ2) is 29.4. The van der Waals surface area contributed by atoms with Gasteiger partial charge < -0.3 is 29.4 Å². The Balaban J connectivity index is 0.978. The van der Waals surface area contributed by atoms with E-state index in [4.69, 9.17) is 0 Å². The van der Waals surface area contributed by atoms with Gasteiger partial charge in [0.1, 0.15) is 0 Å². The van der Waals surface area contributed by atoms with Crippen molar-refractivity contribution in [2.75, 3.05) is 57.6 Å². The SMILES string of the molecule is Cc1cc(N(c2ccccc2)c2ccccc2)cc(C)c1B(c1c(C)cc(N(c2ccccc2)c2ccccc2)cc1C)c1cc(N(C)C)c2ccc3c(B(c4c(C)cc(N(c5ccccc5)c5ccccc5)cc4C)c4c(C)cc(N(c5ccccc5)c5ccccc5)cc4C)cc(N(C)C)c4ccc1c2c34. The number of anilines is 14. The Bertz CT molecular complexity index is 5030. The third kappa shape index (κ3) is 12.8. The zero-order chi connectivity index (χ0) is 74.4. The zero-order valence-corrected chi connectivity index (χ0v) is 64.0. The first-order valence-corrected chi connectivity index (χ1v) is 37.8. The molecule has 526 valence electrons. The molecule has 0 aromatic heterocycles. The Hall–Kier alpha value is -12.5. The fourth-order valence-corrected chi connectivity index (χ4v) is 17.7. The van der Waals surface area contributed by atoms with Crippen LogP contribution in [0.1, 0.15) is 44.5 Å². The number of benzene rings is 16. The molecular formula is C100H90B2N6. The lowest BCUT2D eigenvalue weighted by molar-refractivity contribution is 1.14. The van der Waals surface area contributed by atoms with Gasteiger partial charge in [-0.1, -0.05) is 247 Å². The maximum atomic E-state index is 2.55. The number of nitrogens with zero attached hydrogens (tertiary/aromatic N) is 6. The summed E-state index contributed by atoms with van der Waals surface area (Å²) >= 11 is 0. The van der Waals surface area contributed by atoms with Crippen LogP contribution in [-0.4, -0.2) is 41.6 Å². The summed E-state index contributed by atoms with van der Waals surface area (Å²) in [5.41, 5.74) is 33.2. The standard InChI is InChI=1S/C100H90B2N6/c1-67-57-83(105(75-37-21-13-22-38-75)76-39-23-14-24-40-76)58-68(2)97(67)101(98-69(3)59-84(60-70(98)4)106(77-41-25-15-26-42-77)78-43-27-16-28-44-78)91-65-93(103(9)10)89-56-54-88-92(66-94(104(11)12)90-55-53-87(91)95(89)96(88)90)102(99-71(5)61-85(62-72(99)6)107(79-45-29-17-30-46-79)80-47-31-18-32-48-80)100-73(7)63-86(64-74(100)8)108(81-49-33-19-34-50-81)82-51-35-20-36-52-82/h13-66H,1-12H3. The van der Waals surface area contributed by atoms with Crippen molar-refractivity contribution >= 4 is 158 Å². The summed E-state index contributed by atoms with van der Waals surface area (Å²) in [7, 11) is 8.93. The van der Waals surface area contributed by atoms with Crippen molar-refractivity contribution in [2.24, 2.45) is 0 Å². The van der Waals surface area contributed by atoms with Crippen LogP contribution in [0.3, 0.4) is 0 Å². The topological polar surface area (TPSA) is 19.4 Å². The molecule has 0 atom stereocenters. The van der Waals surface area contributed by atoms with E-state index in [0.717, 1.165) is 68.2 Å². The van der Waals surface area contributed by atoms with Crippen molar-refractivity contribution in [2.45, 2.75) is 55.4 Å². The molecule has 16 aromatic carbocycles. The number of hydrogen-bond acceptors (Lipinski definition) is 6. The molecule has 0 fully saturated rings. The van der Waals surface area contributed by atoms with Gasteiger partial charge in [-0.2, -0.15) is 0 Å². The average molecular weight is 1400 g/mol. The van der Waals surface area contributed by atoms with Crippen molar-refractivity contribution in [1.29, 1.82) is 0 Å². The van der Waals surface area contributed by atoms with Gasteiger partial charge in [-0.25, -0.2) is 0 Å². The van der Waals surface area contributed by atoms with Gasteiger partial charge in [0, 0.05) is 119 Å². The van der Waals surface area contributed by atoms with E-state index in [1.165, 1.54) is 121 Å². The van der Waals surface area contributed by atoms with Crippen molar-refractivity contribution in [1.82, 2.24) is 0 Å². The summed E-state index contributed by atoms with van der Waals surface area (Å²) in [6, 6.07) is 121. The third-order valence-electron chi connectivity index (χ3n) is 22.1. The first-order chi connectivity index (χ1) is 52.6. The fraction of sp³-hybridized carbons (Fsp3) is 0.120. The minimum Gasteiger partial charge on any atom is -0.377 e. The molecule has 0 N–H and O–H groups in total. The summed E-state index contributed by atoms with van der Waals surface area (Å²) < 4.78 is 0. The monoisotopic (exact) mass is 1400 g/mol. The van der Waals surface area contributed by atoms with Crippen molar-refractivity contribution in [3.63, 3.8) is 0 Å². The van der Waals surface area contributed by atoms with E-state index in [1.54, 1.807) is 0 Å². The van der Waals surface area contributed by atoms with Gasteiger partial charge in [0.25, 0.3) is 0 Å². The predicted molar refractivity (Wildman–Crippen MR) is 471 cm³/mol. The van der Waals surface area contributed by atoms with Crippen LogP contribution in [0.15, 0.2) is 328 Å². The fourth-order valence-electron chi connectivity index (χ4n) is 17.7. The first kappa shape index (κ1) is 69.8. The molecular weight excluding hydrogens is 1310 g/mol. The highest BCUT2D eigenvalue weighted by Gasteiger charge is 2.37. The van der Waals surface area contributed by atoms with Crippen LogP contribution in [0.2, 0.25) is 0 Å². The van der Waals surface area contributed by atoms with Crippen LogP contribution in [0, 0.1) is 55.4 Å². The van der Waals surface area contributed by atoms with E-state index in [0.29, 0.717) is 0 Å². The molecule has 16 rings (SSSR count). The van der Waals surface area contributed by atoms with Crippen LogP contribution in [0.5, 0.6) is 0 Å². The quantitative estimate of drug-likeness (QED) is 0.0556. The largest absolute Gasteiger partial charge is 0.377 e. The Labute approximate surface area is 639 Å². The van der Waals surface area contributed by atoms with E-state index in [2.05, 4.69) is 441 Å². The number of rotatable bonds is 20. The molecule has 0 unspecified atom stereocenters. The van der Waals surface area contributed by atoms with Gasteiger partial charge in [-0.05, 0) is 235 Å². The molecule has 6 nitrogen and oxygen atoms in total. The van der Waals surface area contributed by atoms with Gasteiger partial charge in [-0.3, -0.25) is 0 Å². The molecule has 0 heterocycles. The molecule has 16 aromatic rings. The van der Waals surface area contributed by atoms with Gasteiger partial charge in [0.2, 0.25) is 13.4 Å². The Morgan fingerprint density at radius 1 is 0.185 bits per heavy atom. The smallest absolute Gasteiger partial charge is 0.243 e.